The molecule has 24 heavy (non-hydrogen) atoms. The predicted molar refractivity (Wildman–Crippen MR) is 95.4 cm³/mol. The smallest absolute Gasteiger partial charge is 0.280 e. The maximum atomic E-state index is 11.9. The number of thiophene rings is 1. The van der Waals surface area contributed by atoms with Gasteiger partial charge in [0.05, 0.1) is 4.88 Å². The van der Waals surface area contributed by atoms with E-state index in [1.807, 2.05) is 43.5 Å². The van der Waals surface area contributed by atoms with E-state index in [-0.39, 0.29) is 12.5 Å². The summed E-state index contributed by atoms with van der Waals surface area (Å²) < 4.78 is 5.63. The molecular formula is C18H22N2O3S. The van der Waals surface area contributed by atoms with Crippen molar-refractivity contribution in [3.63, 3.8) is 0 Å². The largest absolute Gasteiger partial charge is 0.483 e. The van der Waals surface area contributed by atoms with Crippen molar-refractivity contribution in [2.75, 3.05) is 6.61 Å². The van der Waals surface area contributed by atoms with Crippen LogP contribution in [0.4, 0.5) is 0 Å². The van der Waals surface area contributed by atoms with Crippen molar-refractivity contribution in [2.24, 2.45) is 0 Å². The Morgan fingerprint density at radius 3 is 2.54 bits per heavy atom. The second-order valence-corrected chi connectivity index (χ2v) is 6.84. The molecule has 1 aromatic carbocycles. The number of ether oxygens (including phenoxy) is 1. The highest BCUT2D eigenvalue weighted by Gasteiger charge is 2.13. The van der Waals surface area contributed by atoms with Crippen LogP contribution < -0.4 is 15.6 Å². The second-order valence-electron chi connectivity index (χ2n) is 5.92. The third kappa shape index (κ3) is 4.58. The first-order chi connectivity index (χ1) is 11.4. The summed E-state index contributed by atoms with van der Waals surface area (Å²) >= 11 is 1.33. The van der Waals surface area contributed by atoms with Gasteiger partial charge < -0.3 is 4.74 Å². The molecule has 0 aliphatic rings. The molecule has 6 heteroatoms. The fourth-order valence-corrected chi connectivity index (χ4v) is 3.03. The molecule has 0 radical (unpaired) electrons. The summed E-state index contributed by atoms with van der Waals surface area (Å²) in [5.74, 6) is 0.258. The van der Waals surface area contributed by atoms with Gasteiger partial charge in [0.2, 0.25) is 0 Å². The molecule has 2 aromatic rings. The molecule has 2 amide bonds. The zero-order valence-electron chi connectivity index (χ0n) is 14.3. The average molecular weight is 346 g/mol. The molecule has 0 saturated carbocycles. The number of carbonyl (C=O) groups excluding carboxylic acids is 2. The molecule has 0 saturated heterocycles. The Morgan fingerprint density at radius 1 is 1.17 bits per heavy atom. The lowest BCUT2D eigenvalue weighted by Gasteiger charge is -2.15. The van der Waals surface area contributed by atoms with Gasteiger partial charge in [0.1, 0.15) is 5.75 Å². The summed E-state index contributed by atoms with van der Waals surface area (Å²) in [5.41, 5.74) is 7.77. The van der Waals surface area contributed by atoms with E-state index in [9.17, 15) is 9.59 Å². The zero-order chi connectivity index (χ0) is 17.7. The van der Waals surface area contributed by atoms with Crippen LogP contribution in [0.2, 0.25) is 0 Å². The molecule has 1 heterocycles. The standard InChI is InChI=1S/C18H22N2O3S/c1-11(2)14-6-5-12(3)9-15(14)23-10-16(21)19-20-18(22)17-13(4)7-8-24-17/h5-9,11H,10H2,1-4H3,(H,19,21)(H,20,22). The molecule has 0 atom stereocenters. The Bertz CT molecular complexity index is 738. The number of hydrazine groups is 1. The Kier molecular flexibility index (Phi) is 5.98. The van der Waals surface area contributed by atoms with Gasteiger partial charge in [-0.15, -0.1) is 11.3 Å². The van der Waals surface area contributed by atoms with Crippen molar-refractivity contribution in [3.8, 4) is 5.75 Å². The van der Waals surface area contributed by atoms with Gasteiger partial charge in [-0.05, 0) is 54.0 Å². The highest BCUT2D eigenvalue weighted by atomic mass is 32.1. The molecule has 2 N–H and O–H groups in total. The number of carbonyl (C=O) groups is 2. The molecule has 0 unspecified atom stereocenters. The van der Waals surface area contributed by atoms with E-state index in [2.05, 4.69) is 24.7 Å². The van der Waals surface area contributed by atoms with Crippen LogP contribution in [0.5, 0.6) is 5.75 Å². The van der Waals surface area contributed by atoms with Crippen LogP contribution in [0.1, 0.15) is 46.1 Å². The van der Waals surface area contributed by atoms with Crippen molar-refractivity contribution in [3.05, 3.63) is 51.2 Å². The molecule has 2 rings (SSSR count). The number of rotatable bonds is 5. The number of aryl methyl sites for hydroxylation is 2. The quantitative estimate of drug-likeness (QED) is 0.816. The summed E-state index contributed by atoms with van der Waals surface area (Å²) in [6.07, 6.45) is 0. The van der Waals surface area contributed by atoms with E-state index in [0.29, 0.717) is 16.5 Å². The van der Waals surface area contributed by atoms with Crippen LogP contribution in [-0.2, 0) is 4.79 Å². The SMILES string of the molecule is Cc1ccc(C(C)C)c(OCC(=O)NNC(=O)c2sccc2C)c1. The van der Waals surface area contributed by atoms with Crippen LogP contribution in [0, 0.1) is 13.8 Å². The molecule has 1 aromatic heterocycles. The van der Waals surface area contributed by atoms with Gasteiger partial charge in [0.15, 0.2) is 6.61 Å². The maximum absolute atomic E-state index is 11.9. The highest BCUT2D eigenvalue weighted by molar-refractivity contribution is 7.12. The summed E-state index contributed by atoms with van der Waals surface area (Å²) in [7, 11) is 0. The van der Waals surface area contributed by atoms with Gasteiger partial charge in [-0.3, -0.25) is 20.4 Å². The summed E-state index contributed by atoms with van der Waals surface area (Å²) in [4.78, 5) is 24.4. The topological polar surface area (TPSA) is 67.4 Å². The second kappa shape index (κ2) is 7.97. The van der Waals surface area contributed by atoms with Crippen molar-refractivity contribution in [1.82, 2.24) is 10.9 Å². The minimum Gasteiger partial charge on any atom is -0.483 e. The number of hydrogen-bond acceptors (Lipinski definition) is 4. The van der Waals surface area contributed by atoms with Gasteiger partial charge >= 0.3 is 0 Å². The minimum absolute atomic E-state index is 0.160. The summed E-state index contributed by atoms with van der Waals surface area (Å²) in [6, 6.07) is 7.80. The molecule has 0 fully saturated rings. The van der Waals surface area contributed by atoms with Crippen LogP contribution in [-0.4, -0.2) is 18.4 Å². The number of amides is 2. The van der Waals surface area contributed by atoms with E-state index in [0.717, 1.165) is 16.7 Å². The van der Waals surface area contributed by atoms with Gasteiger partial charge in [0.25, 0.3) is 11.8 Å². The first-order valence-corrected chi connectivity index (χ1v) is 8.63. The van der Waals surface area contributed by atoms with Crippen molar-refractivity contribution in [2.45, 2.75) is 33.6 Å². The van der Waals surface area contributed by atoms with Crippen LogP contribution in [0.25, 0.3) is 0 Å². The summed E-state index contributed by atoms with van der Waals surface area (Å²) in [6.45, 7) is 7.80. The van der Waals surface area contributed by atoms with Gasteiger partial charge in [0, 0.05) is 0 Å². The fraction of sp³-hybridized carbons (Fsp3) is 0.333. The zero-order valence-corrected chi connectivity index (χ0v) is 15.1. The van der Waals surface area contributed by atoms with E-state index in [1.165, 1.54) is 11.3 Å². The lowest BCUT2D eigenvalue weighted by atomic mass is 10.0. The Hall–Kier alpha value is -2.34. The molecule has 0 aliphatic heterocycles. The van der Waals surface area contributed by atoms with E-state index < -0.39 is 5.91 Å². The third-order valence-electron chi connectivity index (χ3n) is 3.53. The van der Waals surface area contributed by atoms with Crippen LogP contribution in [0.3, 0.4) is 0 Å². The Morgan fingerprint density at radius 2 is 1.92 bits per heavy atom. The molecule has 0 bridgehead atoms. The lowest BCUT2D eigenvalue weighted by Crippen LogP contribution is -2.43. The molecular weight excluding hydrogens is 324 g/mol. The highest BCUT2D eigenvalue weighted by Crippen LogP contribution is 2.27. The van der Waals surface area contributed by atoms with Crippen LogP contribution in [0.15, 0.2) is 29.6 Å². The maximum Gasteiger partial charge on any atom is 0.280 e. The van der Waals surface area contributed by atoms with E-state index in [1.54, 1.807) is 0 Å². The number of nitrogens with one attached hydrogen (secondary N) is 2. The van der Waals surface area contributed by atoms with Crippen LogP contribution >= 0.6 is 11.3 Å². The third-order valence-corrected chi connectivity index (χ3v) is 4.55. The Balaban J connectivity index is 1.89. The predicted octanol–water partition coefficient (Wildman–Crippen LogP) is 3.33. The molecule has 128 valence electrons. The lowest BCUT2D eigenvalue weighted by molar-refractivity contribution is -0.123. The number of hydrogen-bond donors (Lipinski definition) is 2. The summed E-state index contributed by atoms with van der Waals surface area (Å²) in [5, 5.41) is 1.83. The molecule has 5 nitrogen and oxygen atoms in total. The van der Waals surface area contributed by atoms with Crippen molar-refractivity contribution >= 4 is 23.2 Å². The van der Waals surface area contributed by atoms with E-state index >= 15 is 0 Å². The normalized spacial score (nSPS) is 10.5. The van der Waals surface area contributed by atoms with Crippen molar-refractivity contribution in [1.29, 1.82) is 0 Å². The fourth-order valence-electron chi connectivity index (χ4n) is 2.21. The van der Waals surface area contributed by atoms with E-state index in [4.69, 9.17) is 4.74 Å². The molecule has 0 spiro atoms. The first-order valence-electron chi connectivity index (χ1n) is 7.75. The van der Waals surface area contributed by atoms with Gasteiger partial charge in [-0.1, -0.05) is 26.0 Å². The minimum atomic E-state index is -0.409. The first kappa shape index (κ1) is 18.0. The molecule has 0 aliphatic carbocycles. The Labute approximate surface area is 146 Å². The average Bonchev–Trinajstić information content (AvgIpc) is 2.96. The van der Waals surface area contributed by atoms with Gasteiger partial charge in [-0.2, -0.15) is 0 Å². The van der Waals surface area contributed by atoms with Crippen molar-refractivity contribution < 1.29 is 14.3 Å². The number of benzene rings is 1. The van der Waals surface area contributed by atoms with Gasteiger partial charge in [-0.25, -0.2) is 0 Å². The monoisotopic (exact) mass is 346 g/mol.